The standard InChI is InChI=1S/C30H26Cl2N4O3/c1-15(2)35-26-25(34-27(35)20-10-6-16(3)12-24(20)39-5)28(37)36(23-14-19(32)8-7-17(23)4)30(26)21-11-9-18(31)13-22(21)33-29(30)38/h6-15H,1-5H3,(H,33,38). The van der Waals surface area contributed by atoms with Gasteiger partial charge in [0.05, 0.1) is 24.1 Å². The van der Waals surface area contributed by atoms with Crippen LogP contribution in [0.3, 0.4) is 0 Å². The first-order chi connectivity index (χ1) is 18.6. The number of carbonyl (C=O) groups is 2. The molecule has 0 fully saturated rings. The summed E-state index contributed by atoms with van der Waals surface area (Å²) >= 11 is 12.7. The summed E-state index contributed by atoms with van der Waals surface area (Å²) in [4.78, 5) is 35.2. The molecule has 0 aliphatic carbocycles. The zero-order chi connectivity index (χ0) is 27.8. The van der Waals surface area contributed by atoms with E-state index in [1.807, 2.05) is 56.5 Å². The molecule has 2 aliphatic heterocycles. The Hall–Kier alpha value is -3.81. The van der Waals surface area contributed by atoms with Gasteiger partial charge in [0.25, 0.3) is 11.8 Å². The maximum Gasteiger partial charge on any atom is 0.280 e. The normalized spacial score (nSPS) is 17.7. The number of aryl methyl sites for hydroxylation is 2. The van der Waals surface area contributed by atoms with Crippen LogP contribution in [-0.2, 0) is 10.3 Å². The maximum absolute atomic E-state index is 14.4. The van der Waals surface area contributed by atoms with Crippen LogP contribution in [0, 0.1) is 13.8 Å². The second-order valence-corrected chi connectivity index (χ2v) is 11.1. The molecule has 1 atom stereocenters. The molecule has 1 aromatic heterocycles. The number of hydrogen-bond donors (Lipinski definition) is 1. The monoisotopic (exact) mass is 560 g/mol. The van der Waals surface area contributed by atoms with Gasteiger partial charge in [-0.05, 0) is 75.2 Å². The number of methoxy groups -OCH3 is 1. The third-order valence-corrected chi connectivity index (χ3v) is 7.94. The highest BCUT2D eigenvalue weighted by molar-refractivity contribution is 6.32. The summed E-state index contributed by atoms with van der Waals surface area (Å²) in [6.45, 7) is 7.88. The summed E-state index contributed by atoms with van der Waals surface area (Å²) in [7, 11) is 1.61. The lowest BCUT2D eigenvalue weighted by Crippen LogP contribution is -2.51. The van der Waals surface area contributed by atoms with Crippen molar-refractivity contribution >= 4 is 46.4 Å². The Morgan fingerprint density at radius 1 is 0.974 bits per heavy atom. The number of amides is 2. The fraction of sp³-hybridized carbons (Fsp3) is 0.233. The van der Waals surface area contributed by atoms with Crippen molar-refractivity contribution in [3.8, 4) is 17.1 Å². The lowest BCUT2D eigenvalue weighted by molar-refractivity contribution is -0.119. The summed E-state index contributed by atoms with van der Waals surface area (Å²) < 4.78 is 7.69. The number of anilines is 2. The van der Waals surface area contributed by atoms with Gasteiger partial charge in [0, 0.05) is 27.3 Å². The third kappa shape index (κ3) is 3.46. The maximum atomic E-state index is 14.4. The molecule has 7 nitrogen and oxygen atoms in total. The van der Waals surface area contributed by atoms with Gasteiger partial charge in [0.2, 0.25) is 0 Å². The van der Waals surface area contributed by atoms with E-state index in [-0.39, 0.29) is 23.6 Å². The van der Waals surface area contributed by atoms with E-state index in [1.54, 1.807) is 37.4 Å². The first-order valence-electron chi connectivity index (χ1n) is 12.6. The molecule has 39 heavy (non-hydrogen) atoms. The largest absolute Gasteiger partial charge is 0.496 e. The van der Waals surface area contributed by atoms with Crippen molar-refractivity contribution < 1.29 is 14.3 Å². The number of nitrogens with zero attached hydrogens (tertiary/aromatic N) is 3. The van der Waals surface area contributed by atoms with Crippen LogP contribution < -0.4 is 15.0 Å². The van der Waals surface area contributed by atoms with Crippen molar-refractivity contribution in [1.29, 1.82) is 0 Å². The molecular weight excluding hydrogens is 535 g/mol. The van der Waals surface area contributed by atoms with E-state index >= 15 is 0 Å². The molecule has 3 aromatic carbocycles. The number of benzene rings is 3. The molecule has 0 saturated heterocycles. The Kier molecular flexibility index (Phi) is 5.79. The fourth-order valence-electron chi connectivity index (χ4n) is 5.81. The van der Waals surface area contributed by atoms with Crippen LogP contribution in [0.15, 0.2) is 54.6 Å². The zero-order valence-electron chi connectivity index (χ0n) is 22.1. The van der Waals surface area contributed by atoms with Gasteiger partial charge in [-0.2, -0.15) is 0 Å². The van der Waals surface area contributed by atoms with Gasteiger partial charge in [-0.1, -0.05) is 41.4 Å². The second-order valence-electron chi connectivity index (χ2n) is 10.2. The Balaban J connectivity index is 1.74. The van der Waals surface area contributed by atoms with E-state index in [2.05, 4.69) is 5.32 Å². The number of imidazole rings is 1. The van der Waals surface area contributed by atoms with Crippen LogP contribution in [0.5, 0.6) is 5.75 Å². The van der Waals surface area contributed by atoms with E-state index in [9.17, 15) is 9.59 Å². The molecule has 1 spiro atoms. The van der Waals surface area contributed by atoms with E-state index in [4.69, 9.17) is 32.9 Å². The fourth-order valence-corrected chi connectivity index (χ4v) is 6.15. The van der Waals surface area contributed by atoms with Crippen molar-refractivity contribution in [2.45, 2.75) is 39.3 Å². The van der Waals surface area contributed by atoms with Gasteiger partial charge in [0.1, 0.15) is 11.6 Å². The van der Waals surface area contributed by atoms with Crippen molar-refractivity contribution in [3.05, 3.63) is 92.7 Å². The molecular formula is C30H26Cl2N4O3. The minimum atomic E-state index is -1.53. The molecule has 9 heteroatoms. The molecule has 1 unspecified atom stereocenters. The molecule has 2 amide bonds. The van der Waals surface area contributed by atoms with Crippen LogP contribution >= 0.6 is 23.2 Å². The summed E-state index contributed by atoms with van der Waals surface area (Å²) in [6.07, 6.45) is 0. The Morgan fingerprint density at radius 3 is 2.41 bits per heavy atom. The molecule has 0 bridgehead atoms. The number of carbonyl (C=O) groups excluding carboxylic acids is 2. The summed E-state index contributed by atoms with van der Waals surface area (Å²) in [5.41, 5.74) is 3.43. The van der Waals surface area contributed by atoms with Crippen LogP contribution in [0.2, 0.25) is 10.0 Å². The Labute approximate surface area is 236 Å². The summed E-state index contributed by atoms with van der Waals surface area (Å²) in [6, 6.07) is 16.2. The average molecular weight is 561 g/mol. The number of halogens is 2. The highest BCUT2D eigenvalue weighted by Gasteiger charge is 2.64. The smallest absolute Gasteiger partial charge is 0.280 e. The SMILES string of the molecule is COc1cc(C)ccc1-c1nc2c(n1C(C)C)C1(C(=O)Nc3cc(Cl)ccc31)N(c1cc(Cl)ccc1C)C2=O. The molecule has 4 aromatic rings. The first kappa shape index (κ1) is 25.5. The summed E-state index contributed by atoms with van der Waals surface area (Å²) in [5.74, 6) is 0.431. The lowest BCUT2D eigenvalue weighted by Gasteiger charge is -2.36. The number of fused-ring (bicyclic) bond motifs is 4. The Morgan fingerprint density at radius 2 is 1.69 bits per heavy atom. The Bertz CT molecular complexity index is 1710. The molecule has 198 valence electrons. The van der Waals surface area contributed by atoms with E-state index in [0.717, 1.165) is 16.7 Å². The number of rotatable bonds is 4. The molecule has 3 heterocycles. The average Bonchev–Trinajstić information content (AvgIpc) is 3.49. The summed E-state index contributed by atoms with van der Waals surface area (Å²) in [5, 5.41) is 3.92. The van der Waals surface area contributed by atoms with E-state index in [0.29, 0.717) is 44.3 Å². The molecule has 0 radical (unpaired) electrons. The van der Waals surface area contributed by atoms with Gasteiger partial charge >= 0.3 is 0 Å². The van der Waals surface area contributed by atoms with Gasteiger partial charge in [-0.25, -0.2) is 4.98 Å². The molecule has 6 rings (SSSR count). The minimum absolute atomic E-state index is 0.156. The zero-order valence-corrected chi connectivity index (χ0v) is 23.6. The number of nitrogens with one attached hydrogen (secondary N) is 1. The number of ether oxygens (including phenoxy) is 1. The third-order valence-electron chi connectivity index (χ3n) is 7.47. The highest BCUT2D eigenvalue weighted by atomic mass is 35.5. The van der Waals surface area contributed by atoms with Crippen LogP contribution in [0.1, 0.15) is 52.8 Å². The van der Waals surface area contributed by atoms with Crippen LogP contribution in [0.4, 0.5) is 11.4 Å². The molecule has 2 aliphatic rings. The van der Waals surface area contributed by atoms with E-state index in [1.165, 1.54) is 4.90 Å². The van der Waals surface area contributed by atoms with Crippen LogP contribution in [-0.4, -0.2) is 28.5 Å². The first-order valence-corrected chi connectivity index (χ1v) is 13.3. The quantitative estimate of drug-likeness (QED) is 0.294. The second kappa shape index (κ2) is 8.86. The van der Waals surface area contributed by atoms with Gasteiger partial charge in [-0.3, -0.25) is 14.5 Å². The van der Waals surface area contributed by atoms with Gasteiger partial charge in [0.15, 0.2) is 11.2 Å². The van der Waals surface area contributed by atoms with Crippen molar-refractivity contribution in [2.75, 3.05) is 17.3 Å². The van der Waals surface area contributed by atoms with Crippen molar-refractivity contribution in [2.24, 2.45) is 0 Å². The molecule has 1 N–H and O–H groups in total. The topological polar surface area (TPSA) is 76.5 Å². The highest BCUT2D eigenvalue weighted by Crippen LogP contribution is 2.55. The lowest BCUT2D eigenvalue weighted by atomic mass is 9.86. The van der Waals surface area contributed by atoms with Crippen molar-refractivity contribution in [3.63, 3.8) is 0 Å². The van der Waals surface area contributed by atoms with E-state index < -0.39 is 5.54 Å². The van der Waals surface area contributed by atoms with Crippen molar-refractivity contribution in [1.82, 2.24) is 9.55 Å². The van der Waals surface area contributed by atoms with Gasteiger partial charge < -0.3 is 14.6 Å². The van der Waals surface area contributed by atoms with Gasteiger partial charge in [-0.15, -0.1) is 0 Å². The molecule has 0 saturated carbocycles. The number of aromatic nitrogens is 2. The predicted molar refractivity (Wildman–Crippen MR) is 153 cm³/mol. The minimum Gasteiger partial charge on any atom is -0.496 e. The van der Waals surface area contributed by atoms with Crippen LogP contribution in [0.25, 0.3) is 11.4 Å². The number of hydrogen-bond acceptors (Lipinski definition) is 4. The predicted octanol–water partition coefficient (Wildman–Crippen LogP) is 6.92.